The topological polar surface area (TPSA) is 276 Å². The van der Waals surface area contributed by atoms with Crippen molar-refractivity contribution in [2.75, 3.05) is 103 Å². The van der Waals surface area contributed by atoms with Gasteiger partial charge in [0, 0.05) is 49.2 Å². The second-order valence-corrected chi connectivity index (χ2v) is 28.2. The van der Waals surface area contributed by atoms with Gasteiger partial charge < -0.3 is 46.9 Å². The number of thioether (sulfide) groups is 6. The number of carbonyl (C=O) groups is 9. The maximum absolute atomic E-state index is 11.2. The van der Waals surface area contributed by atoms with Gasteiger partial charge in [-0.25, -0.2) is 14.4 Å². The molecular weight excluding hydrogens is 1310 g/mol. The van der Waals surface area contributed by atoms with Gasteiger partial charge in [0.05, 0.1) is 6.61 Å². The van der Waals surface area contributed by atoms with Crippen molar-refractivity contribution in [2.24, 2.45) is 5.92 Å². The van der Waals surface area contributed by atoms with Crippen LogP contribution in [0.1, 0.15) is 152 Å². The van der Waals surface area contributed by atoms with Crippen LogP contribution in [-0.2, 0) is 47.9 Å². The quantitative estimate of drug-likeness (QED) is 0.0118. The molecule has 0 saturated carbocycles. The van der Waals surface area contributed by atoms with Gasteiger partial charge >= 0.3 is 17.9 Å². The van der Waals surface area contributed by atoms with Crippen molar-refractivity contribution < 1.29 is 58.1 Å². The number of hydrogen-bond acceptors (Lipinski definition) is 17. The lowest BCUT2D eigenvalue weighted by molar-refractivity contribution is -0.141. The minimum atomic E-state index is -1.01. The number of unbranched alkanes of at least 4 members (excludes halogenated alkanes) is 9. The third kappa shape index (κ3) is 90.1. The first-order chi connectivity index (χ1) is 43.8. The van der Waals surface area contributed by atoms with Gasteiger partial charge in [0.25, 0.3) is 0 Å². The first-order valence-corrected chi connectivity index (χ1v) is 39.4. The van der Waals surface area contributed by atoms with Crippen LogP contribution in [0, 0.1) is 5.92 Å². The summed E-state index contributed by atoms with van der Waals surface area (Å²) in [5, 5.41) is 34.0. The van der Waals surface area contributed by atoms with E-state index in [0.29, 0.717) is 53.3 Å². The summed E-state index contributed by atoms with van der Waals surface area (Å²) in [6.07, 6.45) is 26.2. The van der Waals surface area contributed by atoms with E-state index < -0.39 is 35.8 Å². The molecule has 8 N–H and O–H groups in total. The van der Waals surface area contributed by atoms with E-state index in [1.54, 1.807) is 37.4 Å². The van der Waals surface area contributed by atoms with Crippen LogP contribution in [0.15, 0.2) is 87.6 Å². The highest BCUT2D eigenvalue weighted by Crippen LogP contribution is 2.14. The fourth-order valence-electron chi connectivity index (χ4n) is 5.87. The van der Waals surface area contributed by atoms with Crippen molar-refractivity contribution in [3.05, 3.63) is 87.6 Å². The average Bonchev–Trinajstić information content (AvgIpc) is 3.76. The number of hydrogen-bond donors (Lipinski definition) is 9. The molecule has 0 rings (SSSR count). The van der Waals surface area contributed by atoms with E-state index in [0.717, 1.165) is 93.1 Å². The molecule has 534 valence electrons. The monoisotopic (exact) mass is 1430 g/mol. The number of esters is 1. The van der Waals surface area contributed by atoms with Gasteiger partial charge in [-0.2, -0.15) is 83.2 Å². The molecule has 0 aliphatic carbocycles. The number of carbonyl (C=O) groups excluding carboxylic acids is 7. The van der Waals surface area contributed by atoms with Gasteiger partial charge in [-0.1, -0.05) is 126 Å². The lowest BCUT2D eigenvalue weighted by atomic mass is 10.2. The summed E-state index contributed by atoms with van der Waals surface area (Å²) in [6.45, 7) is 43.6. The molecular formula is C67H122N6O12S7. The van der Waals surface area contributed by atoms with Crippen LogP contribution in [0.25, 0.3) is 0 Å². The van der Waals surface area contributed by atoms with Gasteiger partial charge in [-0.05, 0) is 171 Å². The highest BCUT2D eigenvalue weighted by atomic mass is 32.2. The first kappa shape index (κ1) is 101. The molecule has 6 amide bonds. The molecule has 0 aromatic heterocycles. The highest BCUT2D eigenvalue weighted by Gasteiger charge is 2.20. The second kappa shape index (κ2) is 81.1. The molecule has 0 bridgehead atoms. The SMILES string of the molecule is C=C(C)C(=O)NCC(C)CSC(C)C.C=C(C)C(=O)N[C@@H](CCSC)C(=O)O.C=CC(=O)NCCCCCCS.C=CC(=O)NCCCCCCSCC.C=CC(=O)NCCSCCCCC.C=CC(=O)N[C@@H](CCSC)C(=O)O.C=CC(=O)OCCCCSCC. The minimum absolute atomic E-state index is 0.0357. The Bertz CT molecular complexity index is 1960. The predicted octanol–water partition coefficient (Wildman–Crippen LogP) is 12.7. The fraction of sp³-hybridized carbons (Fsp3) is 0.657. The predicted molar refractivity (Wildman–Crippen MR) is 408 cm³/mol. The summed E-state index contributed by atoms with van der Waals surface area (Å²) in [5.41, 5.74) is 0.897. The summed E-state index contributed by atoms with van der Waals surface area (Å²) in [7, 11) is 0. The maximum atomic E-state index is 11.2. The molecule has 0 aromatic rings. The van der Waals surface area contributed by atoms with Gasteiger partial charge in [0.1, 0.15) is 12.1 Å². The smallest absolute Gasteiger partial charge is 0.330 e. The first-order valence-electron chi connectivity index (χ1n) is 31.5. The van der Waals surface area contributed by atoms with E-state index in [4.69, 9.17) is 14.9 Å². The Labute approximate surface area is 587 Å². The Hall–Kier alpha value is -4.14. The molecule has 0 aliphatic rings. The van der Waals surface area contributed by atoms with E-state index in [1.165, 1.54) is 92.9 Å². The van der Waals surface area contributed by atoms with Gasteiger partial charge in [-0.3, -0.25) is 28.8 Å². The zero-order chi connectivity index (χ0) is 71.6. The van der Waals surface area contributed by atoms with E-state index in [9.17, 15) is 43.2 Å². The minimum Gasteiger partial charge on any atom is -0.480 e. The van der Waals surface area contributed by atoms with Crippen molar-refractivity contribution in [2.45, 2.75) is 169 Å². The summed E-state index contributed by atoms with van der Waals surface area (Å²) >= 11 is 14.9. The van der Waals surface area contributed by atoms with Crippen molar-refractivity contribution in [1.29, 1.82) is 0 Å². The van der Waals surface area contributed by atoms with Gasteiger partial charge in [0.2, 0.25) is 35.4 Å². The number of carboxylic acids is 2. The van der Waals surface area contributed by atoms with Gasteiger partial charge in [-0.15, -0.1) is 0 Å². The Balaban J connectivity index is -0.000000183. The summed E-state index contributed by atoms with van der Waals surface area (Å²) < 4.78 is 4.81. The highest BCUT2D eigenvalue weighted by molar-refractivity contribution is 8.00. The molecule has 18 nitrogen and oxygen atoms in total. The molecule has 3 atom stereocenters. The van der Waals surface area contributed by atoms with E-state index in [-0.39, 0.29) is 29.6 Å². The van der Waals surface area contributed by atoms with E-state index >= 15 is 0 Å². The number of carboxylic acid groups (broad SMARTS) is 2. The maximum Gasteiger partial charge on any atom is 0.330 e. The molecule has 0 fully saturated rings. The average molecular weight is 1430 g/mol. The van der Waals surface area contributed by atoms with Crippen LogP contribution in [0.2, 0.25) is 0 Å². The lowest BCUT2D eigenvalue weighted by Gasteiger charge is -2.13. The number of ether oxygens (including phenoxy) is 1. The molecule has 0 spiro atoms. The van der Waals surface area contributed by atoms with Crippen LogP contribution < -0.4 is 31.9 Å². The molecule has 25 heteroatoms. The molecule has 0 radical (unpaired) electrons. The Morgan fingerprint density at radius 1 is 0.500 bits per heavy atom. The van der Waals surface area contributed by atoms with Crippen LogP contribution in [-0.4, -0.2) is 184 Å². The van der Waals surface area contributed by atoms with Crippen molar-refractivity contribution in [1.82, 2.24) is 31.9 Å². The molecule has 0 aliphatic heterocycles. The molecule has 0 aromatic carbocycles. The summed E-state index contributed by atoms with van der Waals surface area (Å²) in [5.74, 6) is 7.54. The zero-order valence-electron chi connectivity index (χ0n) is 57.7. The second-order valence-electron chi connectivity index (χ2n) is 20.1. The molecule has 1 unspecified atom stereocenters. The molecule has 0 saturated heterocycles. The lowest BCUT2D eigenvalue weighted by Crippen LogP contribution is -2.41. The number of nitrogens with one attached hydrogen (secondary N) is 6. The fourth-order valence-corrected chi connectivity index (χ4v) is 10.1. The third-order valence-electron chi connectivity index (χ3n) is 11.1. The van der Waals surface area contributed by atoms with E-state index in [2.05, 4.69) is 132 Å². The normalized spacial score (nSPS) is 10.7. The number of thiol groups is 1. The Morgan fingerprint density at radius 2 is 0.924 bits per heavy atom. The summed E-state index contributed by atoms with van der Waals surface area (Å²) in [6, 6.07) is -1.62. The number of aliphatic carboxylic acids is 2. The summed E-state index contributed by atoms with van der Waals surface area (Å²) in [4.78, 5) is 97.1. The Morgan fingerprint density at radius 3 is 1.33 bits per heavy atom. The van der Waals surface area contributed by atoms with Crippen LogP contribution in [0.3, 0.4) is 0 Å². The standard InChI is InChI=1S/2C11H21NOS.C10H19NOS.C9H15NO3S.C9H17NOS.C9H16O2S.C8H13NO3S/c1-8(2)11(13)12-6-10(5)7-14-9(3)4;1-3-11(13)12-9-7-5-6-8-10-14-4-2;1-3-5-6-8-13-9-7-11-10(12)4-2;1-6(2)8(11)10-7(9(12)13)4-5-14-3;1-2-9(11)10-7-5-3-4-6-8-12;1-3-9(10)11-7-5-6-8-12-4-2;1-3-7(10)9-6(8(11)12)4-5-13-2/h9-10H,1,6-7H2,2-5H3,(H,12,13);3H,1,4-10H2,2H3,(H,12,13);4H,2-3,5-9H2,1H3,(H,11,12);7H,1,4-5H2,2-3H3,(H,10,11)(H,12,13);2,12H,1,3-8H2,(H,10,11);3H,1,4-8H2,2H3;3,6H,1,4-5H2,2H3,(H,9,10)(H,11,12)/t;;;7-;;;6-/m...0..0/s1. The van der Waals surface area contributed by atoms with Crippen molar-refractivity contribution in [3.8, 4) is 0 Å². The van der Waals surface area contributed by atoms with E-state index in [1.807, 2.05) is 59.6 Å². The number of rotatable bonds is 49. The number of amides is 6. The van der Waals surface area contributed by atoms with Gasteiger partial charge in [0.15, 0.2) is 0 Å². The molecule has 92 heavy (non-hydrogen) atoms. The van der Waals surface area contributed by atoms with Crippen LogP contribution in [0.5, 0.6) is 0 Å². The Kier molecular flexibility index (Phi) is 89.4. The largest absolute Gasteiger partial charge is 0.480 e. The van der Waals surface area contributed by atoms with Crippen LogP contribution in [0.4, 0.5) is 0 Å². The zero-order valence-corrected chi connectivity index (χ0v) is 63.5. The molecule has 0 heterocycles. The van der Waals surface area contributed by atoms with Crippen LogP contribution >= 0.6 is 83.2 Å². The van der Waals surface area contributed by atoms with Crippen molar-refractivity contribution in [3.63, 3.8) is 0 Å². The third-order valence-corrected chi connectivity index (χ3v) is 17.2. The van der Waals surface area contributed by atoms with Crippen molar-refractivity contribution >= 4 is 137 Å².